The quantitative estimate of drug-likeness (QED) is 0.392. The van der Waals surface area contributed by atoms with E-state index in [1.54, 1.807) is 18.6 Å². The van der Waals surface area contributed by atoms with Gasteiger partial charge in [0, 0.05) is 41.1 Å². The van der Waals surface area contributed by atoms with Crippen molar-refractivity contribution in [3.63, 3.8) is 0 Å². The average molecular weight is 438 g/mol. The zero-order valence-corrected chi connectivity index (χ0v) is 18.0. The summed E-state index contributed by atoms with van der Waals surface area (Å²) in [7, 11) is 0. The molecule has 1 fully saturated rings. The number of H-pyrrole nitrogens is 1. The van der Waals surface area contributed by atoms with Gasteiger partial charge >= 0.3 is 0 Å². The minimum Gasteiger partial charge on any atom is -0.346 e. The minimum atomic E-state index is -0.205. The molecule has 0 atom stereocenters. The molecule has 1 saturated heterocycles. The third-order valence-electron chi connectivity index (χ3n) is 6.25. The van der Waals surface area contributed by atoms with Crippen molar-refractivity contribution in [2.24, 2.45) is 0 Å². The van der Waals surface area contributed by atoms with Gasteiger partial charge in [-0.25, -0.2) is 4.98 Å². The second-order valence-corrected chi connectivity index (χ2v) is 8.38. The second kappa shape index (κ2) is 8.14. The predicted molar refractivity (Wildman–Crippen MR) is 128 cm³/mol. The van der Waals surface area contributed by atoms with E-state index in [4.69, 9.17) is 0 Å². The number of rotatable bonds is 4. The van der Waals surface area contributed by atoms with Crippen molar-refractivity contribution in [2.45, 2.75) is 18.9 Å². The zero-order valence-electron chi connectivity index (χ0n) is 18.0. The zero-order chi connectivity index (χ0) is 22.2. The van der Waals surface area contributed by atoms with Crippen LogP contribution in [-0.2, 0) is 0 Å². The van der Waals surface area contributed by atoms with Gasteiger partial charge in [0.1, 0.15) is 5.65 Å². The van der Waals surface area contributed by atoms with E-state index in [1.165, 1.54) is 0 Å². The molecule has 8 nitrogen and oxygen atoms in total. The van der Waals surface area contributed by atoms with E-state index in [9.17, 15) is 4.79 Å². The summed E-state index contributed by atoms with van der Waals surface area (Å²) >= 11 is 0. The number of aromatic nitrogens is 5. The van der Waals surface area contributed by atoms with Gasteiger partial charge in [-0.2, -0.15) is 5.10 Å². The molecule has 1 aliphatic rings. The number of hydrogen-bond acceptors (Lipinski definition) is 5. The van der Waals surface area contributed by atoms with E-state index in [-0.39, 0.29) is 5.91 Å². The molecule has 5 heterocycles. The molecule has 0 radical (unpaired) electrons. The number of benzene rings is 1. The van der Waals surface area contributed by atoms with Gasteiger partial charge in [0.25, 0.3) is 5.91 Å². The largest absolute Gasteiger partial charge is 0.346 e. The standard InChI is InChI=1S/C25H23N7O/c33-25(31-19-13-30-32(15-19)20-5-8-26-9-6-20)18-11-21-22(14-29-24(21)28-12-18)16-3-4-23-17(10-16)2-1-7-27-23/h1-4,7,10-15,20,26H,5-6,8-9H2,(H,28,29)(H,31,33). The molecule has 8 heteroatoms. The first-order chi connectivity index (χ1) is 16.2. The Morgan fingerprint density at radius 1 is 1.09 bits per heavy atom. The number of aromatic amines is 1. The summed E-state index contributed by atoms with van der Waals surface area (Å²) in [5.41, 5.74) is 4.92. The fourth-order valence-corrected chi connectivity index (χ4v) is 4.49. The number of nitrogens with one attached hydrogen (secondary N) is 3. The fourth-order valence-electron chi connectivity index (χ4n) is 4.49. The van der Waals surface area contributed by atoms with Crippen LogP contribution in [0.1, 0.15) is 29.2 Å². The number of hydrogen-bond donors (Lipinski definition) is 3. The highest BCUT2D eigenvalue weighted by Crippen LogP contribution is 2.30. The SMILES string of the molecule is O=C(Nc1cnn(C2CCNCC2)c1)c1cnc2[nH]cc(-c3ccc4ncccc4c3)c2c1. The number of anilines is 1. The van der Waals surface area contributed by atoms with Crippen molar-refractivity contribution in [1.29, 1.82) is 0 Å². The van der Waals surface area contributed by atoms with E-state index >= 15 is 0 Å². The van der Waals surface area contributed by atoms with Crippen LogP contribution < -0.4 is 10.6 Å². The monoisotopic (exact) mass is 437 g/mol. The van der Waals surface area contributed by atoms with Crippen LogP contribution in [0.4, 0.5) is 5.69 Å². The highest BCUT2D eigenvalue weighted by molar-refractivity contribution is 6.07. The maximum Gasteiger partial charge on any atom is 0.257 e. The van der Waals surface area contributed by atoms with E-state index in [2.05, 4.69) is 36.8 Å². The van der Waals surface area contributed by atoms with E-state index in [0.717, 1.165) is 59.0 Å². The second-order valence-electron chi connectivity index (χ2n) is 8.38. The van der Waals surface area contributed by atoms with Crippen molar-refractivity contribution in [3.8, 4) is 11.1 Å². The molecule has 0 bridgehead atoms. The van der Waals surface area contributed by atoms with Crippen LogP contribution in [0.25, 0.3) is 33.1 Å². The first kappa shape index (κ1) is 19.6. The number of piperidine rings is 1. The summed E-state index contributed by atoms with van der Waals surface area (Å²) in [6, 6.07) is 12.4. The summed E-state index contributed by atoms with van der Waals surface area (Å²) in [5.74, 6) is -0.205. The Labute approximate surface area is 190 Å². The van der Waals surface area contributed by atoms with Crippen LogP contribution in [-0.4, -0.2) is 43.7 Å². The number of fused-ring (bicyclic) bond motifs is 2. The van der Waals surface area contributed by atoms with E-state index < -0.39 is 0 Å². The van der Waals surface area contributed by atoms with Crippen LogP contribution in [0.3, 0.4) is 0 Å². The van der Waals surface area contributed by atoms with Crippen LogP contribution in [0.15, 0.2) is 67.4 Å². The van der Waals surface area contributed by atoms with Gasteiger partial charge in [0.15, 0.2) is 0 Å². The third kappa shape index (κ3) is 3.74. The maximum absolute atomic E-state index is 13.0. The Morgan fingerprint density at radius 2 is 2.00 bits per heavy atom. The lowest BCUT2D eigenvalue weighted by Gasteiger charge is -2.22. The van der Waals surface area contributed by atoms with Gasteiger partial charge in [-0.15, -0.1) is 0 Å². The van der Waals surface area contributed by atoms with Gasteiger partial charge < -0.3 is 15.6 Å². The lowest BCUT2D eigenvalue weighted by Crippen LogP contribution is -2.29. The van der Waals surface area contributed by atoms with Crippen molar-refractivity contribution in [3.05, 3.63) is 72.9 Å². The molecular weight excluding hydrogens is 414 g/mol. The van der Waals surface area contributed by atoms with Gasteiger partial charge in [-0.05, 0) is 55.8 Å². The Morgan fingerprint density at radius 3 is 2.91 bits per heavy atom. The number of carbonyl (C=O) groups excluding carboxylic acids is 1. The molecule has 1 amide bonds. The van der Waals surface area contributed by atoms with Crippen LogP contribution in [0, 0.1) is 0 Å². The summed E-state index contributed by atoms with van der Waals surface area (Å²) < 4.78 is 1.96. The van der Waals surface area contributed by atoms with E-state index in [1.807, 2.05) is 47.4 Å². The summed E-state index contributed by atoms with van der Waals surface area (Å²) in [4.78, 5) is 25.1. The number of carbonyl (C=O) groups is 1. The molecule has 4 aromatic heterocycles. The third-order valence-corrected chi connectivity index (χ3v) is 6.25. The van der Waals surface area contributed by atoms with Crippen LogP contribution >= 0.6 is 0 Å². The molecule has 5 aromatic rings. The average Bonchev–Trinajstić information content (AvgIpc) is 3.51. The lowest BCUT2D eigenvalue weighted by atomic mass is 10.0. The Bertz CT molecular complexity index is 1460. The molecular formula is C25H23N7O. The normalized spacial score (nSPS) is 14.7. The molecule has 1 aliphatic heterocycles. The fraction of sp³-hybridized carbons (Fsp3) is 0.200. The first-order valence-corrected chi connectivity index (χ1v) is 11.1. The molecule has 0 unspecified atom stereocenters. The predicted octanol–water partition coefficient (Wildman–Crippen LogP) is 4.15. The molecule has 164 valence electrons. The Balaban J connectivity index is 1.27. The first-order valence-electron chi connectivity index (χ1n) is 11.1. The van der Waals surface area contributed by atoms with Crippen molar-refractivity contribution >= 4 is 33.5 Å². The lowest BCUT2D eigenvalue weighted by molar-refractivity contribution is 0.102. The van der Waals surface area contributed by atoms with Crippen molar-refractivity contribution in [2.75, 3.05) is 18.4 Å². The molecule has 6 rings (SSSR count). The summed E-state index contributed by atoms with van der Waals surface area (Å²) in [6.45, 7) is 1.98. The van der Waals surface area contributed by atoms with Crippen LogP contribution in [0.2, 0.25) is 0 Å². The topological polar surface area (TPSA) is 101 Å². The van der Waals surface area contributed by atoms with E-state index in [0.29, 0.717) is 17.3 Å². The van der Waals surface area contributed by atoms with Gasteiger partial charge in [0.05, 0.1) is 29.0 Å². The molecule has 33 heavy (non-hydrogen) atoms. The van der Waals surface area contributed by atoms with Gasteiger partial charge in [0.2, 0.25) is 0 Å². The molecule has 0 spiro atoms. The summed E-state index contributed by atoms with van der Waals surface area (Å²) in [5, 5.41) is 12.7. The highest BCUT2D eigenvalue weighted by Gasteiger charge is 2.17. The minimum absolute atomic E-state index is 0.205. The van der Waals surface area contributed by atoms with Crippen LogP contribution in [0.5, 0.6) is 0 Å². The van der Waals surface area contributed by atoms with Crippen molar-refractivity contribution in [1.82, 2.24) is 30.0 Å². The number of amides is 1. The molecule has 0 saturated carbocycles. The molecule has 1 aromatic carbocycles. The van der Waals surface area contributed by atoms with Crippen molar-refractivity contribution < 1.29 is 4.79 Å². The molecule has 0 aliphatic carbocycles. The number of nitrogens with zero attached hydrogens (tertiary/aromatic N) is 4. The summed E-state index contributed by atoms with van der Waals surface area (Å²) in [6.07, 6.45) is 11.0. The maximum atomic E-state index is 13.0. The number of pyridine rings is 2. The smallest absolute Gasteiger partial charge is 0.257 e. The molecule has 3 N–H and O–H groups in total. The Hall–Kier alpha value is -4.04. The highest BCUT2D eigenvalue weighted by atomic mass is 16.1. The van der Waals surface area contributed by atoms with Gasteiger partial charge in [-0.3, -0.25) is 14.5 Å². The Kier molecular flexibility index (Phi) is 4.84. The van der Waals surface area contributed by atoms with Gasteiger partial charge in [-0.1, -0.05) is 12.1 Å².